The Bertz CT molecular complexity index is 1060. The fourth-order valence-corrected chi connectivity index (χ4v) is 4.19. The van der Waals surface area contributed by atoms with Crippen LogP contribution in [0.25, 0.3) is 0 Å². The standard InChI is InChI=1S/C23H23NO6/c1-13-6-5-7-14(10-13)24-17-12-30-23(26)20(17)16(11-19(24)25)15-8-9-18(27-2)22(29-4)21(15)28-3/h5-10,16H,11-12H2,1-4H3/t16-/m0/s1. The number of hydrogen-bond acceptors (Lipinski definition) is 6. The van der Waals surface area contributed by atoms with Crippen molar-refractivity contribution in [3.8, 4) is 17.2 Å². The molecule has 156 valence electrons. The van der Waals surface area contributed by atoms with Gasteiger partial charge in [-0.1, -0.05) is 18.2 Å². The van der Waals surface area contributed by atoms with Gasteiger partial charge in [-0.25, -0.2) is 4.79 Å². The molecular formula is C23H23NO6. The van der Waals surface area contributed by atoms with Crippen molar-refractivity contribution in [3.05, 3.63) is 58.8 Å². The highest BCUT2D eigenvalue weighted by Gasteiger charge is 2.44. The van der Waals surface area contributed by atoms with Gasteiger partial charge in [0.2, 0.25) is 11.7 Å². The molecule has 0 aromatic heterocycles. The summed E-state index contributed by atoms with van der Waals surface area (Å²) in [4.78, 5) is 27.5. The van der Waals surface area contributed by atoms with E-state index in [1.807, 2.05) is 31.2 Å². The van der Waals surface area contributed by atoms with Gasteiger partial charge in [0.25, 0.3) is 0 Å². The molecule has 0 bridgehead atoms. The Morgan fingerprint density at radius 3 is 2.43 bits per heavy atom. The maximum Gasteiger partial charge on any atom is 0.336 e. The van der Waals surface area contributed by atoms with Crippen molar-refractivity contribution in [1.29, 1.82) is 0 Å². The van der Waals surface area contributed by atoms with E-state index in [4.69, 9.17) is 18.9 Å². The van der Waals surface area contributed by atoms with Gasteiger partial charge in [0.05, 0.1) is 32.6 Å². The SMILES string of the molecule is COc1ccc([C@@H]2CC(=O)N(c3cccc(C)c3)C3=C2C(=O)OC3)c(OC)c1OC. The molecule has 2 aromatic carbocycles. The van der Waals surface area contributed by atoms with Gasteiger partial charge in [-0.05, 0) is 30.7 Å². The van der Waals surface area contributed by atoms with Crippen molar-refractivity contribution in [2.45, 2.75) is 19.3 Å². The minimum atomic E-state index is -0.502. The molecule has 0 unspecified atom stereocenters. The van der Waals surface area contributed by atoms with Crippen molar-refractivity contribution in [1.82, 2.24) is 0 Å². The van der Waals surface area contributed by atoms with Gasteiger partial charge in [0.15, 0.2) is 11.5 Å². The van der Waals surface area contributed by atoms with Crippen molar-refractivity contribution >= 4 is 17.6 Å². The number of methoxy groups -OCH3 is 3. The summed E-state index contributed by atoms with van der Waals surface area (Å²) in [6, 6.07) is 11.2. The maximum absolute atomic E-state index is 13.2. The molecule has 0 saturated carbocycles. The number of nitrogens with zero attached hydrogens (tertiary/aromatic N) is 1. The summed E-state index contributed by atoms with van der Waals surface area (Å²) in [5, 5.41) is 0. The number of ether oxygens (including phenoxy) is 4. The van der Waals surface area contributed by atoms with E-state index in [0.717, 1.165) is 11.3 Å². The molecular weight excluding hydrogens is 386 g/mol. The Hall–Kier alpha value is -3.48. The second-order valence-electron chi connectivity index (χ2n) is 7.18. The summed E-state index contributed by atoms with van der Waals surface area (Å²) in [6.45, 7) is 2.01. The van der Waals surface area contributed by atoms with Crippen molar-refractivity contribution in [3.63, 3.8) is 0 Å². The van der Waals surface area contributed by atoms with E-state index in [1.54, 1.807) is 17.0 Å². The molecule has 2 heterocycles. The predicted octanol–water partition coefficient (Wildman–Crippen LogP) is 3.35. The number of anilines is 1. The lowest BCUT2D eigenvalue weighted by atomic mass is 9.83. The van der Waals surface area contributed by atoms with Crippen molar-refractivity contribution in [2.24, 2.45) is 0 Å². The quantitative estimate of drug-likeness (QED) is 0.705. The number of amides is 1. The van der Waals surface area contributed by atoms with Gasteiger partial charge in [-0.2, -0.15) is 0 Å². The number of hydrogen-bond donors (Lipinski definition) is 0. The van der Waals surface area contributed by atoms with Crippen LogP contribution in [0.4, 0.5) is 5.69 Å². The first kappa shape index (κ1) is 19.8. The number of carbonyl (C=O) groups is 2. The van der Waals surface area contributed by atoms with Crippen LogP contribution in [-0.4, -0.2) is 39.8 Å². The molecule has 0 fully saturated rings. The van der Waals surface area contributed by atoms with Crippen LogP contribution in [0.1, 0.15) is 23.5 Å². The number of esters is 1. The van der Waals surface area contributed by atoms with E-state index < -0.39 is 11.9 Å². The first-order valence-corrected chi connectivity index (χ1v) is 9.58. The zero-order chi connectivity index (χ0) is 21.4. The molecule has 1 atom stereocenters. The average Bonchev–Trinajstić information content (AvgIpc) is 3.13. The van der Waals surface area contributed by atoms with Crippen LogP contribution in [0.15, 0.2) is 47.7 Å². The number of carbonyl (C=O) groups excluding carboxylic acids is 2. The van der Waals surface area contributed by atoms with Crippen LogP contribution < -0.4 is 19.1 Å². The molecule has 7 heteroatoms. The molecule has 2 aliphatic rings. The molecule has 1 amide bonds. The van der Waals surface area contributed by atoms with Crippen molar-refractivity contribution < 1.29 is 28.5 Å². The number of benzene rings is 2. The summed E-state index contributed by atoms with van der Waals surface area (Å²) in [6.07, 6.45) is 0.105. The Morgan fingerprint density at radius 1 is 1.00 bits per heavy atom. The minimum Gasteiger partial charge on any atom is -0.493 e. The lowest BCUT2D eigenvalue weighted by molar-refractivity contribution is -0.136. The molecule has 0 saturated heterocycles. The van der Waals surface area contributed by atoms with Gasteiger partial charge in [-0.3, -0.25) is 9.69 Å². The number of cyclic esters (lactones) is 1. The highest BCUT2D eigenvalue weighted by atomic mass is 16.5. The largest absolute Gasteiger partial charge is 0.493 e. The number of aryl methyl sites for hydroxylation is 1. The van der Waals surface area contributed by atoms with Gasteiger partial charge < -0.3 is 18.9 Å². The van der Waals surface area contributed by atoms with E-state index in [0.29, 0.717) is 34.1 Å². The Morgan fingerprint density at radius 2 is 1.77 bits per heavy atom. The second-order valence-corrected chi connectivity index (χ2v) is 7.18. The van der Waals surface area contributed by atoms with Crippen LogP contribution in [0.5, 0.6) is 17.2 Å². The van der Waals surface area contributed by atoms with Crippen LogP contribution in [-0.2, 0) is 14.3 Å². The topological polar surface area (TPSA) is 74.3 Å². The second kappa shape index (κ2) is 7.74. The fraction of sp³-hybridized carbons (Fsp3) is 0.304. The van der Waals surface area contributed by atoms with Gasteiger partial charge >= 0.3 is 5.97 Å². The summed E-state index contributed by atoms with van der Waals surface area (Å²) >= 11 is 0. The monoisotopic (exact) mass is 409 g/mol. The normalized spacial score (nSPS) is 18.3. The van der Waals surface area contributed by atoms with Crippen LogP contribution in [0, 0.1) is 6.92 Å². The zero-order valence-electron chi connectivity index (χ0n) is 17.4. The smallest absolute Gasteiger partial charge is 0.336 e. The first-order chi connectivity index (χ1) is 14.5. The molecule has 0 N–H and O–H groups in total. The van der Waals surface area contributed by atoms with Crippen molar-refractivity contribution in [2.75, 3.05) is 32.8 Å². The van der Waals surface area contributed by atoms with E-state index in [9.17, 15) is 9.59 Å². The lowest BCUT2D eigenvalue weighted by Crippen LogP contribution is -2.37. The summed E-state index contributed by atoms with van der Waals surface area (Å²) in [5.41, 5.74) is 3.48. The van der Waals surface area contributed by atoms with Crippen LogP contribution >= 0.6 is 0 Å². The Labute approximate surface area is 174 Å². The maximum atomic E-state index is 13.2. The molecule has 0 radical (unpaired) electrons. The third-order valence-corrected chi connectivity index (χ3v) is 5.49. The average molecular weight is 409 g/mol. The zero-order valence-corrected chi connectivity index (χ0v) is 17.4. The molecule has 7 nitrogen and oxygen atoms in total. The third kappa shape index (κ3) is 3.07. The molecule has 30 heavy (non-hydrogen) atoms. The predicted molar refractivity (Wildman–Crippen MR) is 110 cm³/mol. The highest BCUT2D eigenvalue weighted by Crippen LogP contribution is 2.49. The third-order valence-electron chi connectivity index (χ3n) is 5.49. The summed E-state index contributed by atoms with van der Waals surface area (Å²) in [5.74, 6) is 0.324. The minimum absolute atomic E-state index is 0.0555. The Kier molecular flexibility index (Phi) is 5.11. The van der Waals surface area contributed by atoms with Gasteiger partial charge in [0, 0.05) is 23.6 Å². The summed E-state index contributed by atoms with van der Waals surface area (Å²) < 4.78 is 21.8. The van der Waals surface area contributed by atoms with Gasteiger partial charge in [0.1, 0.15) is 6.61 Å². The molecule has 4 rings (SSSR count). The van der Waals surface area contributed by atoms with Crippen LogP contribution in [0.3, 0.4) is 0 Å². The van der Waals surface area contributed by atoms with E-state index >= 15 is 0 Å². The molecule has 2 aromatic rings. The van der Waals surface area contributed by atoms with E-state index in [2.05, 4.69) is 0 Å². The van der Waals surface area contributed by atoms with E-state index in [1.165, 1.54) is 21.3 Å². The molecule has 0 spiro atoms. The molecule has 2 aliphatic heterocycles. The number of rotatable bonds is 5. The first-order valence-electron chi connectivity index (χ1n) is 9.58. The molecule has 0 aliphatic carbocycles. The Balaban J connectivity index is 1.88. The fourth-order valence-electron chi connectivity index (χ4n) is 4.19. The van der Waals surface area contributed by atoms with Gasteiger partial charge in [-0.15, -0.1) is 0 Å². The highest BCUT2D eigenvalue weighted by molar-refractivity contribution is 6.06. The van der Waals surface area contributed by atoms with E-state index in [-0.39, 0.29) is 18.9 Å². The summed E-state index contributed by atoms with van der Waals surface area (Å²) in [7, 11) is 4.58. The lowest BCUT2D eigenvalue weighted by Gasteiger charge is -2.32. The van der Waals surface area contributed by atoms with Crippen LogP contribution in [0.2, 0.25) is 0 Å².